The van der Waals surface area contributed by atoms with Gasteiger partial charge in [-0.1, -0.05) is 63.8 Å². The Labute approximate surface area is 138 Å². The number of rotatable bonds is 3. The van der Waals surface area contributed by atoms with E-state index < -0.39 is 5.54 Å². The topological polar surface area (TPSA) is 49.4 Å². The second-order valence-electron chi connectivity index (χ2n) is 7.21. The summed E-state index contributed by atoms with van der Waals surface area (Å²) in [7, 11) is 0. The highest BCUT2D eigenvalue weighted by Gasteiger charge is 2.50. The van der Waals surface area contributed by atoms with Gasteiger partial charge in [0.1, 0.15) is 5.54 Å². The summed E-state index contributed by atoms with van der Waals surface area (Å²) in [5, 5.41) is 3.00. The summed E-state index contributed by atoms with van der Waals surface area (Å²) >= 11 is 0. The van der Waals surface area contributed by atoms with Crippen LogP contribution in [0.15, 0.2) is 24.3 Å². The van der Waals surface area contributed by atoms with E-state index in [9.17, 15) is 9.59 Å². The number of hydrogen-bond donors (Lipinski definition) is 1. The molecule has 0 bridgehead atoms. The van der Waals surface area contributed by atoms with Crippen molar-refractivity contribution in [1.29, 1.82) is 0 Å². The molecule has 0 atom stereocenters. The Bertz CT molecular complexity index is 584. The average molecular weight is 314 g/mol. The molecule has 4 heteroatoms. The molecule has 23 heavy (non-hydrogen) atoms. The molecule has 1 spiro atoms. The van der Waals surface area contributed by atoms with E-state index in [4.69, 9.17) is 0 Å². The molecule has 2 fully saturated rings. The average Bonchev–Trinajstić information content (AvgIpc) is 2.72. The van der Waals surface area contributed by atoms with Gasteiger partial charge in [0, 0.05) is 0 Å². The van der Waals surface area contributed by atoms with E-state index in [1.54, 1.807) is 0 Å². The summed E-state index contributed by atoms with van der Waals surface area (Å²) in [6, 6.07) is 7.98. The molecule has 124 valence electrons. The van der Waals surface area contributed by atoms with Gasteiger partial charge in [-0.15, -0.1) is 0 Å². The van der Waals surface area contributed by atoms with Crippen LogP contribution in [-0.4, -0.2) is 22.4 Å². The molecule has 1 aliphatic heterocycles. The van der Waals surface area contributed by atoms with Gasteiger partial charge in [0.2, 0.25) is 0 Å². The Morgan fingerprint density at radius 3 is 2.22 bits per heavy atom. The first-order valence-corrected chi connectivity index (χ1v) is 8.75. The second kappa shape index (κ2) is 6.34. The van der Waals surface area contributed by atoms with Gasteiger partial charge < -0.3 is 5.32 Å². The standard InChI is InChI=1S/C19H26N2O2/c1-14(2)16-9-7-15(8-10-16)13-21-17(22)19(20-18(21)23)11-5-3-4-6-12-19/h7-10,14H,3-6,11-13H2,1-2H3,(H,20,23). The van der Waals surface area contributed by atoms with Gasteiger partial charge in [-0.2, -0.15) is 0 Å². The van der Waals surface area contributed by atoms with Crippen LogP contribution in [0.2, 0.25) is 0 Å². The number of amides is 3. The monoisotopic (exact) mass is 314 g/mol. The minimum absolute atomic E-state index is 0.0302. The molecule has 1 saturated carbocycles. The van der Waals surface area contributed by atoms with Crippen molar-refractivity contribution in [3.63, 3.8) is 0 Å². The molecule has 2 aliphatic rings. The van der Waals surface area contributed by atoms with Crippen LogP contribution in [0, 0.1) is 0 Å². The van der Waals surface area contributed by atoms with Crippen LogP contribution < -0.4 is 5.32 Å². The largest absolute Gasteiger partial charge is 0.325 e. The summed E-state index contributed by atoms with van der Waals surface area (Å²) in [5.74, 6) is 0.451. The summed E-state index contributed by atoms with van der Waals surface area (Å²) in [6.07, 6.45) is 5.90. The first kappa shape index (κ1) is 16.0. The third-order valence-electron chi connectivity index (χ3n) is 5.19. The lowest BCUT2D eigenvalue weighted by Gasteiger charge is -2.24. The normalized spacial score (nSPS) is 20.9. The predicted molar refractivity (Wildman–Crippen MR) is 90.0 cm³/mol. The van der Waals surface area contributed by atoms with Crippen LogP contribution >= 0.6 is 0 Å². The maximum Gasteiger partial charge on any atom is 0.325 e. The number of urea groups is 1. The molecule has 0 radical (unpaired) electrons. The molecule has 1 saturated heterocycles. The third-order valence-corrected chi connectivity index (χ3v) is 5.19. The minimum atomic E-state index is -0.633. The first-order chi connectivity index (χ1) is 11.0. The van der Waals surface area contributed by atoms with Crippen molar-refractivity contribution in [3.05, 3.63) is 35.4 Å². The van der Waals surface area contributed by atoms with Crippen molar-refractivity contribution >= 4 is 11.9 Å². The zero-order chi connectivity index (χ0) is 16.4. The molecule has 1 heterocycles. The van der Waals surface area contributed by atoms with Gasteiger partial charge in [0.05, 0.1) is 6.54 Å². The molecule has 3 amide bonds. The maximum absolute atomic E-state index is 12.9. The van der Waals surface area contributed by atoms with Crippen LogP contribution in [0.3, 0.4) is 0 Å². The number of imide groups is 1. The number of benzene rings is 1. The van der Waals surface area contributed by atoms with Crippen molar-refractivity contribution in [1.82, 2.24) is 10.2 Å². The highest BCUT2D eigenvalue weighted by atomic mass is 16.2. The van der Waals surface area contributed by atoms with Gasteiger partial charge in [0.15, 0.2) is 0 Å². The van der Waals surface area contributed by atoms with Crippen molar-refractivity contribution in [2.45, 2.75) is 70.4 Å². The van der Waals surface area contributed by atoms with E-state index in [-0.39, 0.29) is 11.9 Å². The van der Waals surface area contributed by atoms with E-state index in [0.717, 1.165) is 44.1 Å². The fraction of sp³-hybridized carbons (Fsp3) is 0.579. The quantitative estimate of drug-likeness (QED) is 0.859. The van der Waals surface area contributed by atoms with Crippen LogP contribution in [0.5, 0.6) is 0 Å². The van der Waals surface area contributed by atoms with Crippen LogP contribution in [0.25, 0.3) is 0 Å². The van der Waals surface area contributed by atoms with Gasteiger partial charge in [0.25, 0.3) is 5.91 Å². The SMILES string of the molecule is CC(C)c1ccc(CN2C(=O)NC3(CCCCCC3)C2=O)cc1. The first-order valence-electron chi connectivity index (χ1n) is 8.75. The molecular formula is C19H26N2O2. The summed E-state index contributed by atoms with van der Waals surface area (Å²) < 4.78 is 0. The third kappa shape index (κ3) is 3.12. The molecule has 4 nitrogen and oxygen atoms in total. The van der Waals surface area contributed by atoms with E-state index in [0.29, 0.717) is 12.5 Å². The fourth-order valence-corrected chi connectivity index (χ4v) is 3.68. The van der Waals surface area contributed by atoms with Gasteiger partial charge in [-0.25, -0.2) is 4.79 Å². The van der Waals surface area contributed by atoms with Gasteiger partial charge in [-0.3, -0.25) is 9.69 Å². The molecule has 0 aromatic heterocycles. The lowest BCUT2D eigenvalue weighted by Crippen LogP contribution is -2.46. The Hall–Kier alpha value is -1.84. The molecular weight excluding hydrogens is 288 g/mol. The molecule has 1 aliphatic carbocycles. The number of hydrogen-bond acceptors (Lipinski definition) is 2. The van der Waals surface area contributed by atoms with E-state index in [1.165, 1.54) is 10.5 Å². The van der Waals surface area contributed by atoms with Crippen molar-refractivity contribution in [3.8, 4) is 0 Å². The van der Waals surface area contributed by atoms with Crippen molar-refractivity contribution < 1.29 is 9.59 Å². The number of nitrogens with one attached hydrogen (secondary N) is 1. The number of carbonyl (C=O) groups is 2. The van der Waals surface area contributed by atoms with E-state index in [1.807, 2.05) is 12.1 Å². The van der Waals surface area contributed by atoms with E-state index in [2.05, 4.69) is 31.3 Å². The fourth-order valence-electron chi connectivity index (χ4n) is 3.68. The van der Waals surface area contributed by atoms with Crippen molar-refractivity contribution in [2.24, 2.45) is 0 Å². The Morgan fingerprint density at radius 2 is 1.65 bits per heavy atom. The zero-order valence-corrected chi connectivity index (χ0v) is 14.1. The lowest BCUT2D eigenvalue weighted by atomic mass is 9.90. The van der Waals surface area contributed by atoms with Crippen LogP contribution in [0.1, 0.15) is 69.4 Å². The van der Waals surface area contributed by atoms with Crippen LogP contribution in [-0.2, 0) is 11.3 Å². The smallest absolute Gasteiger partial charge is 0.323 e. The van der Waals surface area contributed by atoms with Crippen LogP contribution in [0.4, 0.5) is 4.79 Å². The Kier molecular flexibility index (Phi) is 4.42. The molecule has 3 rings (SSSR count). The minimum Gasteiger partial charge on any atom is -0.323 e. The highest BCUT2D eigenvalue weighted by molar-refractivity contribution is 6.07. The summed E-state index contributed by atoms with van der Waals surface area (Å²) in [4.78, 5) is 26.6. The maximum atomic E-state index is 12.9. The second-order valence-corrected chi connectivity index (χ2v) is 7.21. The molecule has 1 aromatic carbocycles. The molecule has 1 aromatic rings. The Morgan fingerprint density at radius 1 is 1.04 bits per heavy atom. The van der Waals surface area contributed by atoms with Gasteiger partial charge in [-0.05, 0) is 29.9 Å². The Balaban J connectivity index is 1.75. The predicted octanol–water partition coefficient (Wildman–Crippen LogP) is 3.95. The van der Waals surface area contributed by atoms with E-state index >= 15 is 0 Å². The summed E-state index contributed by atoms with van der Waals surface area (Å²) in [5.41, 5.74) is 1.64. The highest BCUT2D eigenvalue weighted by Crippen LogP contribution is 2.33. The lowest BCUT2D eigenvalue weighted by molar-refractivity contribution is -0.132. The van der Waals surface area contributed by atoms with Gasteiger partial charge >= 0.3 is 6.03 Å². The zero-order valence-electron chi connectivity index (χ0n) is 14.1. The molecule has 0 unspecified atom stereocenters. The number of nitrogens with zero attached hydrogens (tertiary/aromatic N) is 1. The number of carbonyl (C=O) groups excluding carboxylic acids is 2. The molecule has 1 N–H and O–H groups in total. The van der Waals surface area contributed by atoms with Crippen molar-refractivity contribution in [2.75, 3.05) is 0 Å². The summed E-state index contributed by atoms with van der Waals surface area (Å²) in [6.45, 7) is 4.68.